The first-order valence-corrected chi connectivity index (χ1v) is 9.56. The molecule has 0 saturated heterocycles. The van der Waals surface area contributed by atoms with Gasteiger partial charge in [-0.25, -0.2) is 9.78 Å². The van der Waals surface area contributed by atoms with E-state index in [4.69, 9.17) is 9.72 Å². The average Bonchev–Trinajstić information content (AvgIpc) is 3.24. The molecule has 1 aromatic heterocycles. The highest BCUT2D eigenvalue weighted by molar-refractivity contribution is 7.13. The Labute approximate surface area is 166 Å². The molecule has 0 bridgehead atoms. The van der Waals surface area contributed by atoms with Crippen molar-refractivity contribution in [3.8, 4) is 38.7 Å². The van der Waals surface area contributed by atoms with E-state index in [0.717, 1.165) is 38.7 Å². The summed E-state index contributed by atoms with van der Waals surface area (Å²) in [5.74, 6) is -0.113. The summed E-state index contributed by atoms with van der Waals surface area (Å²) in [6.45, 7) is 0. The molecule has 1 heterocycles. The Morgan fingerprint density at radius 2 is 1.57 bits per heavy atom. The van der Waals surface area contributed by atoms with Crippen LogP contribution in [-0.2, 0) is 0 Å². The zero-order chi connectivity index (χ0) is 19.5. The van der Waals surface area contributed by atoms with Crippen molar-refractivity contribution in [1.82, 2.24) is 4.98 Å². The van der Waals surface area contributed by atoms with Crippen LogP contribution in [0.15, 0.2) is 78.2 Å². The number of aromatic nitrogens is 1. The van der Waals surface area contributed by atoms with Crippen LogP contribution in [0.2, 0.25) is 0 Å². The Hall–Kier alpha value is -3.44. The van der Waals surface area contributed by atoms with E-state index in [9.17, 15) is 9.90 Å². The van der Waals surface area contributed by atoms with Crippen molar-refractivity contribution in [2.75, 3.05) is 7.11 Å². The van der Waals surface area contributed by atoms with E-state index in [1.165, 1.54) is 0 Å². The molecule has 5 heteroatoms. The van der Waals surface area contributed by atoms with Crippen LogP contribution < -0.4 is 4.74 Å². The highest BCUT2D eigenvalue weighted by Gasteiger charge is 2.09. The topological polar surface area (TPSA) is 59.4 Å². The van der Waals surface area contributed by atoms with Gasteiger partial charge in [0.2, 0.25) is 0 Å². The summed E-state index contributed by atoms with van der Waals surface area (Å²) >= 11 is 1.59. The van der Waals surface area contributed by atoms with Crippen molar-refractivity contribution >= 4 is 17.3 Å². The fourth-order valence-corrected chi connectivity index (χ4v) is 3.80. The van der Waals surface area contributed by atoms with Crippen LogP contribution in [0.1, 0.15) is 10.4 Å². The second kappa shape index (κ2) is 7.66. The molecule has 1 N–H and O–H groups in total. The van der Waals surface area contributed by atoms with Crippen molar-refractivity contribution in [2.24, 2.45) is 0 Å². The van der Waals surface area contributed by atoms with E-state index in [1.807, 2.05) is 60.0 Å². The lowest BCUT2D eigenvalue weighted by Crippen LogP contribution is -1.95. The molecule has 0 aliphatic rings. The lowest BCUT2D eigenvalue weighted by Gasteiger charge is -2.05. The lowest BCUT2D eigenvalue weighted by molar-refractivity contribution is 0.0697. The van der Waals surface area contributed by atoms with Gasteiger partial charge in [-0.3, -0.25) is 0 Å². The average molecular weight is 387 g/mol. The molecular weight excluding hydrogens is 370 g/mol. The SMILES string of the molecule is COc1ccc(-c2nc(-c3cccc(-c4cccc(C(=O)O)c4)c3)cs2)cc1. The minimum absolute atomic E-state index is 0.276. The number of nitrogens with zero attached hydrogens (tertiary/aromatic N) is 1. The summed E-state index contributed by atoms with van der Waals surface area (Å²) < 4.78 is 5.20. The van der Waals surface area contributed by atoms with Gasteiger partial charge in [0, 0.05) is 16.5 Å². The third-order valence-corrected chi connectivity index (χ3v) is 5.33. The van der Waals surface area contributed by atoms with Gasteiger partial charge in [0.05, 0.1) is 18.4 Å². The van der Waals surface area contributed by atoms with Crippen molar-refractivity contribution in [1.29, 1.82) is 0 Å². The zero-order valence-corrected chi connectivity index (χ0v) is 15.9. The Bertz CT molecular complexity index is 1130. The minimum Gasteiger partial charge on any atom is -0.497 e. The van der Waals surface area contributed by atoms with Crippen LogP contribution in [0.5, 0.6) is 5.75 Å². The zero-order valence-electron chi connectivity index (χ0n) is 15.1. The largest absolute Gasteiger partial charge is 0.497 e. The number of thiazole rings is 1. The van der Waals surface area contributed by atoms with Gasteiger partial charge in [-0.2, -0.15) is 0 Å². The second-order valence-corrected chi connectivity index (χ2v) is 7.09. The molecule has 0 fully saturated rings. The predicted molar refractivity (Wildman–Crippen MR) is 112 cm³/mol. The van der Waals surface area contributed by atoms with Gasteiger partial charge in [-0.15, -0.1) is 11.3 Å². The van der Waals surface area contributed by atoms with Gasteiger partial charge < -0.3 is 9.84 Å². The normalized spacial score (nSPS) is 10.6. The maximum absolute atomic E-state index is 11.2. The van der Waals surface area contributed by atoms with Crippen molar-refractivity contribution in [2.45, 2.75) is 0 Å². The molecule has 0 aliphatic heterocycles. The number of aromatic carboxylic acids is 1. The number of benzene rings is 3. The maximum Gasteiger partial charge on any atom is 0.335 e. The molecule has 4 nitrogen and oxygen atoms in total. The van der Waals surface area contributed by atoms with Crippen LogP contribution in [0.4, 0.5) is 0 Å². The van der Waals surface area contributed by atoms with E-state index in [0.29, 0.717) is 0 Å². The number of hydrogen-bond donors (Lipinski definition) is 1. The summed E-state index contributed by atoms with van der Waals surface area (Å²) in [5, 5.41) is 12.2. The van der Waals surface area contributed by atoms with Gasteiger partial charge in [0.1, 0.15) is 10.8 Å². The van der Waals surface area contributed by atoms with E-state index >= 15 is 0 Å². The Balaban J connectivity index is 1.66. The standard InChI is InChI=1S/C23H17NO3S/c1-27-20-10-8-15(9-11-20)22-24-21(14-28-22)18-6-2-4-16(12-18)17-5-3-7-19(13-17)23(25)26/h2-14H,1H3,(H,25,26). The molecule has 0 unspecified atom stereocenters. The number of ether oxygens (including phenoxy) is 1. The number of methoxy groups -OCH3 is 1. The van der Waals surface area contributed by atoms with E-state index in [-0.39, 0.29) is 5.56 Å². The fraction of sp³-hybridized carbons (Fsp3) is 0.0435. The Morgan fingerprint density at radius 1 is 0.893 bits per heavy atom. The third-order valence-electron chi connectivity index (χ3n) is 4.44. The molecule has 4 rings (SSSR count). The Morgan fingerprint density at radius 3 is 2.29 bits per heavy atom. The smallest absolute Gasteiger partial charge is 0.335 e. The molecule has 0 saturated carbocycles. The third kappa shape index (κ3) is 3.66. The lowest BCUT2D eigenvalue weighted by atomic mass is 10.0. The van der Waals surface area contributed by atoms with Crippen LogP contribution in [-0.4, -0.2) is 23.2 Å². The molecule has 0 atom stereocenters. The molecule has 138 valence electrons. The molecule has 0 aliphatic carbocycles. The molecule has 3 aromatic carbocycles. The molecule has 4 aromatic rings. The summed E-state index contributed by atoms with van der Waals surface area (Å²) in [6.07, 6.45) is 0. The van der Waals surface area contributed by atoms with Crippen molar-refractivity contribution < 1.29 is 14.6 Å². The Kier molecular flexibility index (Phi) is 4.91. The number of carboxylic acid groups (broad SMARTS) is 1. The minimum atomic E-state index is -0.929. The highest BCUT2D eigenvalue weighted by atomic mass is 32.1. The van der Waals surface area contributed by atoms with Gasteiger partial charge in [0.25, 0.3) is 0 Å². The van der Waals surface area contributed by atoms with Crippen molar-refractivity contribution in [3.63, 3.8) is 0 Å². The molecular formula is C23H17NO3S. The number of carboxylic acids is 1. The summed E-state index contributed by atoms with van der Waals surface area (Å²) in [6, 6.07) is 22.8. The van der Waals surface area contributed by atoms with E-state index in [2.05, 4.69) is 0 Å². The van der Waals surface area contributed by atoms with E-state index < -0.39 is 5.97 Å². The van der Waals surface area contributed by atoms with Gasteiger partial charge in [0.15, 0.2) is 0 Å². The van der Waals surface area contributed by atoms with E-state index in [1.54, 1.807) is 36.6 Å². The number of carbonyl (C=O) groups is 1. The molecule has 0 radical (unpaired) electrons. The number of rotatable bonds is 5. The molecule has 0 amide bonds. The number of hydrogen-bond acceptors (Lipinski definition) is 4. The first kappa shape index (κ1) is 17.9. The quantitative estimate of drug-likeness (QED) is 0.467. The molecule has 28 heavy (non-hydrogen) atoms. The first-order valence-electron chi connectivity index (χ1n) is 8.68. The fourth-order valence-electron chi connectivity index (χ4n) is 2.96. The summed E-state index contributed by atoms with van der Waals surface area (Å²) in [5.41, 5.74) is 5.04. The predicted octanol–water partition coefficient (Wildman–Crippen LogP) is 5.85. The van der Waals surface area contributed by atoms with Crippen LogP contribution in [0, 0.1) is 0 Å². The second-order valence-electron chi connectivity index (χ2n) is 6.23. The van der Waals surface area contributed by atoms with Gasteiger partial charge in [-0.05, 0) is 53.6 Å². The maximum atomic E-state index is 11.2. The highest BCUT2D eigenvalue weighted by Crippen LogP contribution is 2.32. The van der Waals surface area contributed by atoms with Crippen LogP contribution in [0.25, 0.3) is 33.0 Å². The van der Waals surface area contributed by atoms with Crippen LogP contribution in [0.3, 0.4) is 0 Å². The molecule has 0 spiro atoms. The van der Waals surface area contributed by atoms with Crippen molar-refractivity contribution in [3.05, 3.63) is 83.7 Å². The van der Waals surface area contributed by atoms with Gasteiger partial charge in [-0.1, -0.05) is 30.3 Å². The summed E-state index contributed by atoms with van der Waals surface area (Å²) in [4.78, 5) is 16.0. The first-order chi connectivity index (χ1) is 13.6. The summed E-state index contributed by atoms with van der Waals surface area (Å²) in [7, 11) is 1.65. The monoisotopic (exact) mass is 387 g/mol. The van der Waals surface area contributed by atoms with Gasteiger partial charge >= 0.3 is 5.97 Å². The van der Waals surface area contributed by atoms with Crippen LogP contribution >= 0.6 is 11.3 Å².